The number of benzene rings is 1. The van der Waals surface area contributed by atoms with Crippen molar-refractivity contribution in [2.75, 3.05) is 5.32 Å². The van der Waals surface area contributed by atoms with E-state index in [1.807, 2.05) is 0 Å². The Balaban J connectivity index is 1.97. The van der Waals surface area contributed by atoms with Crippen LogP contribution in [0.2, 0.25) is 0 Å². The molecule has 0 aliphatic heterocycles. The Bertz CT molecular complexity index is 651. The van der Waals surface area contributed by atoms with Crippen LogP contribution < -0.4 is 5.32 Å². The molecule has 1 heterocycles. The van der Waals surface area contributed by atoms with Gasteiger partial charge >= 0.3 is 0 Å². The summed E-state index contributed by atoms with van der Waals surface area (Å²) in [6, 6.07) is 4.27. The number of carbonyl (C=O) groups excluding carboxylic acids is 1. The van der Waals surface area contributed by atoms with Crippen LogP contribution in [0.25, 0.3) is 11.1 Å². The fraction of sp³-hybridized carbons (Fsp3) is 0.267. The molecule has 0 unspecified atom stereocenters. The average molecular weight is 271 g/mol. The number of nitrogens with one attached hydrogen (secondary N) is 1. The first-order valence-electron chi connectivity index (χ1n) is 6.53. The van der Waals surface area contributed by atoms with Crippen LogP contribution in [0.1, 0.15) is 31.5 Å². The van der Waals surface area contributed by atoms with Gasteiger partial charge in [0.1, 0.15) is 11.6 Å². The van der Waals surface area contributed by atoms with E-state index in [1.165, 1.54) is 19.1 Å². The fourth-order valence-corrected chi connectivity index (χ4v) is 2.09. The predicted molar refractivity (Wildman–Crippen MR) is 73.7 cm³/mol. The van der Waals surface area contributed by atoms with Crippen molar-refractivity contribution in [3.63, 3.8) is 0 Å². The highest BCUT2D eigenvalue weighted by Gasteiger charge is 2.26. The van der Waals surface area contributed by atoms with E-state index in [-0.39, 0.29) is 5.91 Å². The maximum atomic E-state index is 13.3. The molecule has 0 spiro atoms. The minimum absolute atomic E-state index is 0.243. The molecular weight excluding hydrogens is 257 g/mol. The lowest BCUT2D eigenvalue weighted by molar-refractivity contribution is -0.114. The molecular formula is C15H14FN3O. The largest absolute Gasteiger partial charge is 0.326 e. The van der Waals surface area contributed by atoms with Gasteiger partial charge in [0.2, 0.25) is 5.91 Å². The summed E-state index contributed by atoms with van der Waals surface area (Å²) >= 11 is 0. The third kappa shape index (κ3) is 2.66. The Kier molecular flexibility index (Phi) is 3.18. The fourth-order valence-electron chi connectivity index (χ4n) is 2.09. The van der Waals surface area contributed by atoms with E-state index in [4.69, 9.17) is 0 Å². The second kappa shape index (κ2) is 5.00. The first-order valence-corrected chi connectivity index (χ1v) is 6.53. The number of carbonyl (C=O) groups is 1. The normalized spacial score (nSPS) is 14.1. The highest BCUT2D eigenvalue weighted by atomic mass is 19.1. The molecule has 0 saturated heterocycles. The van der Waals surface area contributed by atoms with Crippen LogP contribution in [0.15, 0.2) is 30.6 Å². The highest BCUT2D eigenvalue weighted by Crippen LogP contribution is 2.38. The maximum Gasteiger partial charge on any atom is 0.221 e. The van der Waals surface area contributed by atoms with Gasteiger partial charge in [-0.25, -0.2) is 14.4 Å². The van der Waals surface area contributed by atoms with Crippen molar-refractivity contribution in [1.29, 1.82) is 0 Å². The van der Waals surface area contributed by atoms with E-state index in [0.717, 1.165) is 24.2 Å². The van der Waals surface area contributed by atoms with E-state index < -0.39 is 5.82 Å². The van der Waals surface area contributed by atoms with E-state index in [1.54, 1.807) is 18.5 Å². The molecule has 1 aromatic heterocycles. The first kappa shape index (κ1) is 12.7. The zero-order chi connectivity index (χ0) is 14.1. The number of amides is 1. The second-order valence-corrected chi connectivity index (χ2v) is 4.98. The summed E-state index contributed by atoms with van der Waals surface area (Å²) < 4.78 is 13.3. The summed E-state index contributed by atoms with van der Waals surface area (Å²) in [6.45, 7) is 1.39. The van der Waals surface area contributed by atoms with Crippen molar-refractivity contribution in [3.05, 3.63) is 42.2 Å². The third-order valence-electron chi connectivity index (χ3n) is 3.22. The van der Waals surface area contributed by atoms with Crippen molar-refractivity contribution in [3.8, 4) is 11.1 Å². The van der Waals surface area contributed by atoms with Crippen LogP contribution >= 0.6 is 0 Å². The molecule has 4 nitrogen and oxygen atoms in total. The predicted octanol–water partition coefficient (Wildman–Crippen LogP) is 3.12. The lowest BCUT2D eigenvalue weighted by Crippen LogP contribution is -2.07. The molecule has 20 heavy (non-hydrogen) atoms. The number of anilines is 1. The Morgan fingerprint density at radius 3 is 2.60 bits per heavy atom. The van der Waals surface area contributed by atoms with Gasteiger partial charge < -0.3 is 5.32 Å². The third-order valence-corrected chi connectivity index (χ3v) is 3.22. The van der Waals surface area contributed by atoms with Gasteiger partial charge in [-0.15, -0.1) is 0 Å². The van der Waals surface area contributed by atoms with Crippen LogP contribution in [0.5, 0.6) is 0 Å². The van der Waals surface area contributed by atoms with Crippen molar-refractivity contribution in [2.24, 2.45) is 0 Å². The van der Waals surface area contributed by atoms with E-state index in [2.05, 4.69) is 15.3 Å². The first-order chi connectivity index (χ1) is 9.63. The Hall–Kier alpha value is -2.30. The summed E-state index contributed by atoms with van der Waals surface area (Å²) in [4.78, 5) is 19.9. The van der Waals surface area contributed by atoms with Gasteiger partial charge in [-0.3, -0.25) is 4.79 Å². The number of rotatable bonds is 3. The van der Waals surface area contributed by atoms with Gasteiger partial charge in [-0.2, -0.15) is 0 Å². The molecule has 1 fully saturated rings. The minimum atomic E-state index is -0.395. The summed E-state index contributed by atoms with van der Waals surface area (Å²) in [5.41, 5.74) is 1.90. The standard InChI is InChI=1S/C15H14FN3O/c1-9(20)19-14-6-12(16)4-5-13(14)11-7-17-15(18-8-11)10-2-3-10/h4-8,10H,2-3H2,1H3,(H,19,20). The van der Waals surface area contributed by atoms with Crippen molar-refractivity contribution < 1.29 is 9.18 Å². The lowest BCUT2D eigenvalue weighted by Gasteiger charge is -2.10. The second-order valence-electron chi connectivity index (χ2n) is 4.98. The van der Waals surface area contributed by atoms with Crippen molar-refractivity contribution in [2.45, 2.75) is 25.7 Å². The van der Waals surface area contributed by atoms with E-state index >= 15 is 0 Å². The molecule has 1 saturated carbocycles. The van der Waals surface area contributed by atoms with Crippen LogP contribution in [0, 0.1) is 5.82 Å². The van der Waals surface area contributed by atoms with Crippen molar-refractivity contribution in [1.82, 2.24) is 9.97 Å². The molecule has 2 aromatic rings. The molecule has 1 amide bonds. The molecule has 1 aliphatic carbocycles. The van der Waals surface area contributed by atoms with Crippen LogP contribution in [-0.2, 0) is 4.79 Å². The van der Waals surface area contributed by atoms with E-state index in [9.17, 15) is 9.18 Å². The van der Waals surface area contributed by atoms with Gasteiger partial charge in [0.15, 0.2) is 0 Å². The van der Waals surface area contributed by atoms with Crippen LogP contribution in [0.4, 0.5) is 10.1 Å². The minimum Gasteiger partial charge on any atom is -0.326 e. The monoisotopic (exact) mass is 271 g/mol. The SMILES string of the molecule is CC(=O)Nc1cc(F)ccc1-c1cnc(C2CC2)nc1. The molecule has 5 heteroatoms. The summed E-state index contributed by atoms with van der Waals surface area (Å²) in [7, 11) is 0. The Morgan fingerprint density at radius 1 is 1.30 bits per heavy atom. The molecule has 1 aromatic carbocycles. The zero-order valence-corrected chi connectivity index (χ0v) is 11.1. The lowest BCUT2D eigenvalue weighted by atomic mass is 10.1. The summed E-state index contributed by atoms with van der Waals surface area (Å²) in [6.07, 6.45) is 5.73. The maximum absolute atomic E-state index is 13.3. The summed E-state index contributed by atoms with van der Waals surface area (Å²) in [5, 5.41) is 2.63. The van der Waals surface area contributed by atoms with Gasteiger partial charge in [0.25, 0.3) is 0 Å². The van der Waals surface area contributed by atoms with Gasteiger partial charge in [0.05, 0.1) is 5.69 Å². The van der Waals surface area contributed by atoms with Gasteiger partial charge in [0, 0.05) is 36.4 Å². The Morgan fingerprint density at radius 2 is 2.00 bits per heavy atom. The number of aromatic nitrogens is 2. The molecule has 0 atom stereocenters. The molecule has 0 radical (unpaired) electrons. The number of nitrogens with zero attached hydrogens (tertiary/aromatic N) is 2. The molecule has 1 N–H and O–H groups in total. The molecule has 3 rings (SSSR count). The summed E-state index contributed by atoms with van der Waals surface area (Å²) in [5.74, 6) is 0.712. The zero-order valence-electron chi connectivity index (χ0n) is 11.1. The molecule has 1 aliphatic rings. The molecule has 0 bridgehead atoms. The smallest absolute Gasteiger partial charge is 0.221 e. The molecule has 102 valence electrons. The van der Waals surface area contributed by atoms with E-state index in [0.29, 0.717) is 17.2 Å². The quantitative estimate of drug-likeness (QED) is 0.933. The van der Waals surface area contributed by atoms with Crippen LogP contribution in [-0.4, -0.2) is 15.9 Å². The Labute approximate surface area is 116 Å². The topological polar surface area (TPSA) is 54.9 Å². The van der Waals surface area contributed by atoms with Crippen molar-refractivity contribution >= 4 is 11.6 Å². The number of hydrogen-bond acceptors (Lipinski definition) is 3. The highest BCUT2D eigenvalue weighted by molar-refractivity contribution is 5.93. The average Bonchev–Trinajstić information content (AvgIpc) is 3.23. The van der Waals surface area contributed by atoms with Gasteiger partial charge in [-0.1, -0.05) is 0 Å². The number of halogens is 1. The van der Waals surface area contributed by atoms with Crippen LogP contribution in [0.3, 0.4) is 0 Å². The number of hydrogen-bond donors (Lipinski definition) is 1. The van der Waals surface area contributed by atoms with Gasteiger partial charge in [-0.05, 0) is 31.0 Å².